The van der Waals surface area contributed by atoms with Gasteiger partial charge in [0.2, 0.25) is 0 Å². The second-order valence-electron chi connectivity index (χ2n) is 7.32. The lowest BCUT2D eigenvalue weighted by Gasteiger charge is -2.34. The number of hydrogen-bond acceptors (Lipinski definition) is 5. The summed E-state index contributed by atoms with van der Waals surface area (Å²) in [6.07, 6.45) is 0. The van der Waals surface area contributed by atoms with Crippen molar-refractivity contribution in [2.75, 3.05) is 33.3 Å². The van der Waals surface area contributed by atoms with Crippen LogP contribution in [-0.4, -0.2) is 54.9 Å². The number of carbonyl (C=O) groups is 2. The molecule has 1 saturated heterocycles. The zero-order valence-electron chi connectivity index (χ0n) is 17.6. The molecule has 0 radical (unpaired) electrons. The fraction of sp³-hybridized carbons (Fsp3) is 0.250. The van der Waals surface area contributed by atoms with Gasteiger partial charge in [-0.2, -0.15) is 0 Å². The molecule has 7 nitrogen and oxygen atoms in total. The van der Waals surface area contributed by atoms with E-state index >= 15 is 0 Å². The predicted molar refractivity (Wildman–Crippen MR) is 114 cm³/mol. The van der Waals surface area contributed by atoms with E-state index in [0.29, 0.717) is 49.0 Å². The smallest absolute Gasteiger partial charge is 0.289 e. The molecule has 0 bridgehead atoms. The molecule has 1 aliphatic rings. The van der Waals surface area contributed by atoms with Gasteiger partial charge in [-0.05, 0) is 54.6 Å². The minimum atomic E-state index is -0.339. The first-order valence-corrected chi connectivity index (χ1v) is 10.2. The Hall–Kier alpha value is -3.81. The number of rotatable bonds is 6. The highest BCUT2D eigenvalue weighted by Gasteiger charge is 2.27. The maximum absolute atomic E-state index is 13.0. The Morgan fingerprint density at radius 3 is 2.28 bits per heavy atom. The Kier molecular flexibility index (Phi) is 6.39. The molecule has 1 aromatic heterocycles. The van der Waals surface area contributed by atoms with Crippen molar-refractivity contribution in [1.29, 1.82) is 0 Å². The van der Waals surface area contributed by atoms with Gasteiger partial charge in [-0.25, -0.2) is 4.39 Å². The third-order valence-electron chi connectivity index (χ3n) is 5.24. The van der Waals surface area contributed by atoms with Crippen LogP contribution in [0.2, 0.25) is 0 Å². The number of hydrogen-bond donors (Lipinski definition) is 0. The van der Waals surface area contributed by atoms with Crippen LogP contribution in [-0.2, 0) is 6.61 Å². The second kappa shape index (κ2) is 9.55. The van der Waals surface area contributed by atoms with Crippen molar-refractivity contribution in [3.63, 3.8) is 0 Å². The van der Waals surface area contributed by atoms with Crippen LogP contribution in [0.15, 0.2) is 65.1 Å². The molecule has 2 aromatic carbocycles. The fourth-order valence-corrected chi connectivity index (χ4v) is 3.46. The highest BCUT2D eigenvalue weighted by Crippen LogP contribution is 2.18. The van der Waals surface area contributed by atoms with E-state index in [4.69, 9.17) is 13.9 Å². The molecule has 8 heteroatoms. The molecule has 1 aliphatic heterocycles. The minimum Gasteiger partial charge on any atom is -0.497 e. The highest BCUT2D eigenvalue weighted by molar-refractivity contribution is 5.95. The average molecular weight is 438 g/mol. The van der Waals surface area contributed by atoms with Crippen molar-refractivity contribution in [3.8, 4) is 11.5 Å². The standard InChI is InChI=1S/C24H23FN2O5/c1-30-20-4-2-3-17(15-20)23(28)26-11-13-27(14-12-26)24(29)22-10-9-21(32-22)16-31-19-7-5-18(25)6-8-19/h2-10,15H,11-14,16H2,1H3. The van der Waals surface area contributed by atoms with Gasteiger partial charge in [0, 0.05) is 31.7 Å². The summed E-state index contributed by atoms with van der Waals surface area (Å²) in [5.41, 5.74) is 0.556. The van der Waals surface area contributed by atoms with Gasteiger partial charge in [0.15, 0.2) is 5.76 Å². The topological polar surface area (TPSA) is 72.2 Å². The Labute approximate surface area is 184 Å². The lowest BCUT2D eigenvalue weighted by Crippen LogP contribution is -2.50. The van der Waals surface area contributed by atoms with E-state index in [1.165, 1.54) is 24.3 Å². The molecule has 0 saturated carbocycles. The maximum Gasteiger partial charge on any atom is 0.289 e. The molecule has 166 valence electrons. The first kappa shape index (κ1) is 21.4. The van der Waals surface area contributed by atoms with Gasteiger partial charge < -0.3 is 23.7 Å². The van der Waals surface area contributed by atoms with Crippen molar-refractivity contribution in [2.45, 2.75) is 6.61 Å². The Morgan fingerprint density at radius 1 is 0.906 bits per heavy atom. The van der Waals surface area contributed by atoms with E-state index < -0.39 is 0 Å². The van der Waals surface area contributed by atoms with E-state index in [0.717, 1.165) is 0 Å². The summed E-state index contributed by atoms with van der Waals surface area (Å²) < 4.78 is 29.3. The van der Waals surface area contributed by atoms with E-state index in [-0.39, 0.29) is 30.0 Å². The zero-order chi connectivity index (χ0) is 22.5. The van der Waals surface area contributed by atoms with Gasteiger partial charge in [0.25, 0.3) is 11.8 Å². The van der Waals surface area contributed by atoms with Crippen LogP contribution in [0.4, 0.5) is 4.39 Å². The number of ether oxygens (including phenoxy) is 2. The molecule has 0 spiro atoms. The zero-order valence-corrected chi connectivity index (χ0v) is 17.6. The number of halogens is 1. The largest absolute Gasteiger partial charge is 0.497 e. The summed E-state index contributed by atoms with van der Waals surface area (Å²) in [6, 6.07) is 16.0. The Bertz CT molecular complexity index is 1090. The summed E-state index contributed by atoms with van der Waals surface area (Å²) in [7, 11) is 1.56. The lowest BCUT2D eigenvalue weighted by molar-refractivity contribution is 0.0516. The monoisotopic (exact) mass is 438 g/mol. The molecule has 0 N–H and O–H groups in total. The first-order chi connectivity index (χ1) is 15.5. The Balaban J connectivity index is 1.30. The molecular weight excluding hydrogens is 415 g/mol. The molecule has 2 heterocycles. The van der Waals surface area contributed by atoms with Crippen molar-refractivity contribution in [3.05, 3.63) is 83.6 Å². The number of benzene rings is 2. The molecule has 0 aliphatic carbocycles. The van der Waals surface area contributed by atoms with Crippen molar-refractivity contribution in [2.24, 2.45) is 0 Å². The normalized spacial score (nSPS) is 13.7. The molecular formula is C24H23FN2O5. The van der Waals surface area contributed by atoms with E-state index in [2.05, 4.69) is 0 Å². The minimum absolute atomic E-state index is 0.0887. The van der Waals surface area contributed by atoms with Crippen LogP contribution >= 0.6 is 0 Å². The number of nitrogens with zero attached hydrogens (tertiary/aromatic N) is 2. The number of methoxy groups -OCH3 is 1. The number of furan rings is 1. The number of amides is 2. The van der Waals surface area contributed by atoms with Crippen LogP contribution in [0.25, 0.3) is 0 Å². The van der Waals surface area contributed by atoms with Crippen LogP contribution < -0.4 is 9.47 Å². The number of piperazine rings is 1. The fourth-order valence-electron chi connectivity index (χ4n) is 3.46. The SMILES string of the molecule is COc1cccc(C(=O)N2CCN(C(=O)c3ccc(COc4ccc(F)cc4)o3)CC2)c1. The van der Waals surface area contributed by atoms with Crippen molar-refractivity contribution in [1.82, 2.24) is 9.80 Å². The van der Waals surface area contributed by atoms with Crippen LogP contribution in [0.1, 0.15) is 26.7 Å². The summed E-state index contributed by atoms with van der Waals surface area (Å²) in [6.45, 7) is 1.82. The van der Waals surface area contributed by atoms with Gasteiger partial charge in [0.05, 0.1) is 7.11 Å². The Morgan fingerprint density at radius 2 is 1.59 bits per heavy atom. The maximum atomic E-state index is 13.0. The predicted octanol–water partition coefficient (Wildman–Crippen LogP) is 3.60. The summed E-state index contributed by atoms with van der Waals surface area (Å²) >= 11 is 0. The number of carbonyl (C=O) groups excluding carboxylic acids is 2. The summed E-state index contributed by atoms with van der Waals surface area (Å²) in [5.74, 6) is 1.18. The van der Waals surface area contributed by atoms with Gasteiger partial charge in [-0.15, -0.1) is 0 Å². The third-order valence-corrected chi connectivity index (χ3v) is 5.24. The van der Waals surface area contributed by atoms with Crippen molar-refractivity contribution < 1.29 is 27.9 Å². The van der Waals surface area contributed by atoms with Gasteiger partial charge in [0.1, 0.15) is 29.7 Å². The molecule has 0 unspecified atom stereocenters. The lowest BCUT2D eigenvalue weighted by atomic mass is 10.1. The third kappa shape index (κ3) is 4.91. The molecule has 2 amide bonds. The molecule has 1 fully saturated rings. The molecule has 32 heavy (non-hydrogen) atoms. The first-order valence-electron chi connectivity index (χ1n) is 10.2. The summed E-state index contributed by atoms with van der Waals surface area (Å²) in [4.78, 5) is 28.9. The summed E-state index contributed by atoms with van der Waals surface area (Å²) in [5, 5.41) is 0. The van der Waals surface area contributed by atoms with E-state index in [1.54, 1.807) is 53.3 Å². The van der Waals surface area contributed by atoms with Crippen LogP contribution in [0, 0.1) is 5.82 Å². The van der Waals surface area contributed by atoms with Crippen LogP contribution in [0.5, 0.6) is 11.5 Å². The van der Waals surface area contributed by atoms with Gasteiger partial charge >= 0.3 is 0 Å². The van der Waals surface area contributed by atoms with Crippen molar-refractivity contribution >= 4 is 11.8 Å². The quantitative estimate of drug-likeness (QED) is 0.588. The van der Waals surface area contributed by atoms with E-state index in [9.17, 15) is 14.0 Å². The molecule has 0 atom stereocenters. The molecule has 4 rings (SSSR count). The highest BCUT2D eigenvalue weighted by atomic mass is 19.1. The second-order valence-corrected chi connectivity index (χ2v) is 7.32. The van der Waals surface area contributed by atoms with Gasteiger partial charge in [-0.1, -0.05) is 6.07 Å². The van der Waals surface area contributed by atoms with E-state index in [1.807, 2.05) is 0 Å². The van der Waals surface area contributed by atoms with Gasteiger partial charge in [-0.3, -0.25) is 9.59 Å². The van der Waals surface area contributed by atoms with Crippen LogP contribution in [0.3, 0.4) is 0 Å². The molecule has 3 aromatic rings. The average Bonchev–Trinajstić information content (AvgIpc) is 3.32.